The third-order valence-corrected chi connectivity index (χ3v) is 5.42. The van der Waals surface area contributed by atoms with Crippen molar-refractivity contribution in [3.63, 3.8) is 0 Å². The number of aryl methyl sites for hydroxylation is 1. The molecule has 0 radical (unpaired) electrons. The monoisotopic (exact) mass is 317 g/mol. The summed E-state index contributed by atoms with van der Waals surface area (Å²) in [5.41, 5.74) is 1.46. The molecule has 8 heteroatoms. The first-order chi connectivity index (χ1) is 9.46. The second-order valence-electron chi connectivity index (χ2n) is 5.20. The number of aromatic nitrogens is 2. The van der Waals surface area contributed by atoms with Crippen molar-refractivity contribution >= 4 is 27.3 Å². The Morgan fingerprint density at radius 3 is 2.95 bits per heavy atom. The molecule has 2 aliphatic rings. The Bertz CT molecular complexity index is 635. The fourth-order valence-corrected chi connectivity index (χ4v) is 4.23. The van der Waals surface area contributed by atoms with Crippen LogP contribution in [-0.4, -0.2) is 49.9 Å². The lowest BCUT2D eigenvalue weighted by Crippen LogP contribution is -2.45. The topological polar surface area (TPSA) is 72.4 Å². The van der Waals surface area contributed by atoms with Gasteiger partial charge in [0.1, 0.15) is 5.82 Å². The van der Waals surface area contributed by atoms with Crippen molar-refractivity contribution in [3.8, 4) is 0 Å². The quantitative estimate of drug-likeness (QED) is 0.714. The molecule has 20 heavy (non-hydrogen) atoms. The molecular weight excluding hydrogens is 302 g/mol. The number of nitrogens with zero attached hydrogens (tertiary/aromatic N) is 3. The van der Waals surface area contributed by atoms with E-state index in [-0.39, 0.29) is 22.8 Å². The standard InChI is InChI=1S/C12H16ClN3O3S/c1-8-6-19-4-3-16(8)11-9-7-20(17,18)5-2-10(9)14-12(13)15-11/h8H,2-7H2,1H3. The molecule has 0 amide bonds. The largest absolute Gasteiger partial charge is 0.377 e. The fourth-order valence-electron chi connectivity index (χ4n) is 2.67. The zero-order valence-corrected chi connectivity index (χ0v) is 12.7. The average Bonchev–Trinajstić information content (AvgIpc) is 2.39. The fraction of sp³-hybridized carbons (Fsp3) is 0.667. The van der Waals surface area contributed by atoms with Gasteiger partial charge in [0.05, 0.1) is 36.5 Å². The number of hydrogen-bond acceptors (Lipinski definition) is 6. The van der Waals surface area contributed by atoms with Gasteiger partial charge in [-0.15, -0.1) is 0 Å². The summed E-state index contributed by atoms with van der Waals surface area (Å²) in [5.74, 6) is 0.781. The molecule has 3 heterocycles. The summed E-state index contributed by atoms with van der Waals surface area (Å²) >= 11 is 5.99. The van der Waals surface area contributed by atoms with Gasteiger partial charge >= 0.3 is 0 Å². The van der Waals surface area contributed by atoms with Crippen LogP contribution < -0.4 is 4.90 Å². The van der Waals surface area contributed by atoms with Crippen LogP contribution in [0.4, 0.5) is 5.82 Å². The molecule has 0 bridgehead atoms. The lowest BCUT2D eigenvalue weighted by Gasteiger charge is -2.36. The summed E-state index contributed by atoms with van der Waals surface area (Å²) in [6.45, 7) is 3.91. The predicted octanol–water partition coefficient (Wildman–Crippen LogP) is 0.826. The SMILES string of the molecule is CC1COCCN1c1nc(Cl)nc2c1CS(=O)(=O)CC2. The van der Waals surface area contributed by atoms with Crippen molar-refractivity contribution in [1.82, 2.24) is 9.97 Å². The Balaban J connectivity index is 2.08. The normalized spacial score (nSPS) is 25.3. The highest BCUT2D eigenvalue weighted by atomic mass is 35.5. The minimum Gasteiger partial charge on any atom is -0.377 e. The minimum absolute atomic E-state index is 0.00108. The molecule has 1 fully saturated rings. The molecule has 1 aromatic heterocycles. The minimum atomic E-state index is -3.07. The van der Waals surface area contributed by atoms with Crippen LogP contribution in [0.2, 0.25) is 5.28 Å². The summed E-state index contributed by atoms with van der Waals surface area (Å²) in [7, 11) is -3.07. The van der Waals surface area contributed by atoms with Gasteiger partial charge in [-0.1, -0.05) is 0 Å². The van der Waals surface area contributed by atoms with Crippen molar-refractivity contribution < 1.29 is 13.2 Å². The number of sulfone groups is 1. The summed E-state index contributed by atoms with van der Waals surface area (Å²) in [4.78, 5) is 10.5. The molecule has 0 N–H and O–H groups in total. The second kappa shape index (κ2) is 5.13. The van der Waals surface area contributed by atoms with E-state index in [0.717, 1.165) is 5.69 Å². The first-order valence-electron chi connectivity index (χ1n) is 6.56. The van der Waals surface area contributed by atoms with E-state index >= 15 is 0 Å². The molecule has 0 aromatic carbocycles. The van der Waals surface area contributed by atoms with Gasteiger partial charge in [-0.25, -0.2) is 18.4 Å². The number of halogens is 1. The van der Waals surface area contributed by atoms with E-state index in [1.54, 1.807) is 0 Å². The Morgan fingerprint density at radius 1 is 1.40 bits per heavy atom. The van der Waals surface area contributed by atoms with Gasteiger partial charge in [-0.2, -0.15) is 0 Å². The van der Waals surface area contributed by atoms with Gasteiger partial charge in [-0.3, -0.25) is 0 Å². The van der Waals surface area contributed by atoms with Crippen molar-refractivity contribution in [3.05, 3.63) is 16.5 Å². The van der Waals surface area contributed by atoms with Crippen molar-refractivity contribution in [2.45, 2.75) is 25.1 Å². The summed E-state index contributed by atoms with van der Waals surface area (Å²) in [6, 6.07) is 0.142. The molecule has 0 aliphatic carbocycles. The van der Waals surface area contributed by atoms with E-state index in [0.29, 0.717) is 37.6 Å². The molecular formula is C12H16ClN3O3S. The lowest BCUT2D eigenvalue weighted by molar-refractivity contribution is 0.0984. The molecule has 2 aliphatic heterocycles. The van der Waals surface area contributed by atoms with Crippen molar-refractivity contribution in [2.75, 3.05) is 30.4 Å². The van der Waals surface area contributed by atoms with Crippen LogP contribution in [-0.2, 0) is 26.7 Å². The molecule has 0 spiro atoms. The van der Waals surface area contributed by atoms with E-state index < -0.39 is 9.84 Å². The third kappa shape index (κ3) is 2.62. The van der Waals surface area contributed by atoms with Gasteiger partial charge in [0.25, 0.3) is 0 Å². The zero-order chi connectivity index (χ0) is 14.3. The molecule has 110 valence electrons. The highest BCUT2D eigenvalue weighted by molar-refractivity contribution is 7.90. The third-order valence-electron chi connectivity index (χ3n) is 3.70. The molecule has 1 saturated heterocycles. The Kier molecular flexibility index (Phi) is 3.60. The number of hydrogen-bond donors (Lipinski definition) is 0. The van der Waals surface area contributed by atoms with E-state index in [9.17, 15) is 8.42 Å². The first-order valence-corrected chi connectivity index (χ1v) is 8.76. The van der Waals surface area contributed by atoms with Gasteiger partial charge in [0.15, 0.2) is 9.84 Å². The smallest absolute Gasteiger partial charge is 0.224 e. The van der Waals surface area contributed by atoms with Crippen LogP contribution in [0.5, 0.6) is 0 Å². The number of anilines is 1. The molecule has 1 unspecified atom stereocenters. The molecule has 0 saturated carbocycles. The van der Waals surface area contributed by atoms with E-state index in [1.165, 1.54) is 0 Å². The Labute approximate surface area is 123 Å². The number of ether oxygens (including phenoxy) is 1. The van der Waals surface area contributed by atoms with Gasteiger partial charge in [0.2, 0.25) is 5.28 Å². The lowest BCUT2D eigenvalue weighted by atomic mass is 10.1. The van der Waals surface area contributed by atoms with Crippen LogP contribution in [0.3, 0.4) is 0 Å². The summed E-state index contributed by atoms with van der Waals surface area (Å²) in [5, 5.41) is 0.178. The maximum atomic E-state index is 11.9. The van der Waals surface area contributed by atoms with Gasteiger partial charge in [-0.05, 0) is 18.5 Å². The second-order valence-corrected chi connectivity index (χ2v) is 7.72. The molecule has 1 aromatic rings. The van der Waals surface area contributed by atoms with Crippen molar-refractivity contribution in [2.24, 2.45) is 0 Å². The maximum Gasteiger partial charge on any atom is 0.224 e. The average molecular weight is 318 g/mol. The van der Waals surface area contributed by atoms with Crippen LogP contribution in [0.25, 0.3) is 0 Å². The van der Waals surface area contributed by atoms with Crippen molar-refractivity contribution in [1.29, 1.82) is 0 Å². The highest BCUT2D eigenvalue weighted by Crippen LogP contribution is 2.30. The van der Waals surface area contributed by atoms with E-state index in [2.05, 4.69) is 14.9 Å². The predicted molar refractivity (Wildman–Crippen MR) is 75.9 cm³/mol. The molecule has 1 atom stereocenters. The summed E-state index contributed by atoms with van der Waals surface area (Å²) in [6.07, 6.45) is 0.408. The first kappa shape index (κ1) is 14.0. The molecule has 6 nitrogen and oxygen atoms in total. The van der Waals surface area contributed by atoms with Gasteiger partial charge in [0, 0.05) is 18.5 Å². The Morgan fingerprint density at radius 2 is 2.20 bits per heavy atom. The number of rotatable bonds is 1. The Hall–Kier alpha value is -0.920. The summed E-state index contributed by atoms with van der Waals surface area (Å²) < 4.78 is 29.2. The van der Waals surface area contributed by atoms with E-state index in [1.807, 2.05) is 6.92 Å². The highest BCUT2D eigenvalue weighted by Gasteiger charge is 2.30. The zero-order valence-electron chi connectivity index (χ0n) is 11.2. The van der Waals surface area contributed by atoms with E-state index in [4.69, 9.17) is 16.3 Å². The van der Waals surface area contributed by atoms with Gasteiger partial charge < -0.3 is 9.64 Å². The van der Waals surface area contributed by atoms with Crippen LogP contribution in [0.15, 0.2) is 0 Å². The van der Waals surface area contributed by atoms with Crippen LogP contribution >= 0.6 is 11.6 Å². The van der Waals surface area contributed by atoms with Crippen LogP contribution in [0.1, 0.15) is 18.2 Å². The molecule has 3 rings (SSSR count). The maximum absolute atomic E-state index is 11.9. The van der Waals surface area contributed by atoms with Crippen LogP contribution in [0, 0.1) is 0 Å². The number of fused-ring (bicyclic) bond motifs is 1. The number of morpholine rings is 1.